The second-order valence-corrected chi connectivity index (χ2v) is 7.16. The van der Waals surface area contributed by atoms with Gasteiger partial charge in [0.15, 0.2) is 0 Å². The summed E-state index contributed by atoms with van der Waals surface area (Å²) in [5.74, 6) is 0.692. The molecule has 0 saturated carbocycles. The van der Waals surface area contributed by atoms with Gasteiger partial charge < -0.3 is 9.47 Å². The smallest absolute Gasteiger partial charge is 0.265 e. The Kier molecular flexibility index (Phi) is 5.20. The van der Waals surface area contributed by atoms with Gasteiger partial charge >= 0.3 is 0 Å². The van der Waals surface area contributed by atoms with Crippen molar-refractivity contribution in [2.45, 2.75) is 4.90 Å². The van der Waals surface area contributed by atoms with Crippen molar-refractivity contribution >= 4 is 43.2 Å². The quantitative estimate of drug-likeness (QED) is 0.817. The first-order valence-corrected chi connectivity index (χ1v) is 8.72. The number of sulfonamides is 1. The maximum Gasteiger partial charge on any atom is 0.265 e. The van der Waals surface area contributed by atoms with E-state index >= 15 is 0 Å². The molecule has 0 atom stereocenters. The van der Waals surface area contributed by atoms with Crippen molar-refractivity contribution < 1.29 is 17.9 Å². The average molecular weight is 407 g/mol. The number of anilines is 1. The van der Waals surface area contributed by atoms with E-state index in [0.29, 0.717) is 20.9 Å². The first-order valence-electron chi connectivity index (χ1n) is 6.07. The summed E-state index contributed by atoms with van der Waals surface area (Å²) in [5.41, 5.74) is 0.353. The van der Waals surface area contributed by atoms with Crippen LogP contribution in [0, 0.1) is 0 Å². The molecule has 0 amide bonds. The molecule has 2 aromatic rings. The number of nitrogens with one attached hydrogen (secondary N) is 1. The van der Waals surface area contributed by atoms with Gasteiger partial charge in [0.1, 0.15) is 16.4 Å². The molecule has 0 spiro atoms. The van der Waals surface area contributed by atoms with E-state index < -0.39 is 10.0 Å². The van der Waals surface area contributed by atoms with E-state index in [1.807, 2.05) is 0 Å². The Morgan fingerprint density at radius 3 is 2.41 bits per heavy atom. The number of hydrogen-bond acceptors (Lipinski definition) is 4. The molecule has 0 radical (unpaired) electrons. The number of halogens is 2. The van der Waals surface area contributed by atoms with Gasteiger partial charge in [0, 0.05) is 10.5 Å². The minimum absolute atomic E-state index is 0.00911. The van der Waals surface area contributed by atoms with Crippen molar-refractivity contribution in [3.05, 3.63) is 45.9 Å². The first-order chi connectivity index (χ1) is 10.4. The molecule has 1 N–H and O–H groups in total. The molecule has 0 aliphatic carbocycles. The molecule has 5 nitrogen and oxygen atoms in total. The van der Waals surface area contributed by atoms with E-state index in [1.165, 1.54) is 32.4 Å². The molecule has 0 unspecified atom stereocenters. The fraction of sp³-hybridized carbons (Fsp3) is 0.143. The Bertz CT molecular complexity index is 795. The molecule has 22 heavy (non-hydrogen) atoms. The van der Waals surface area contributed by atoms with Gasteiger partial charge in [0.25, 0.3) is 10.0 Å². The maximum absolute atomic E-state index is 12.5. The van der Waals surface area contributed by atoms with Gasteiger partial charge in [0.2, 0.25) is 0 Å². The van der Waals surface area contributed by atoms with Gasteiger partial charge in [-0.25, -0.2) is 8.42 Å². The lowest BCUT2D eigenvalue weighted by molar-refractivity contribution is 0.386. The molecule has 0 saturated heterocycles. The van der Waals surface area contributed by atoms with Gasteiger partial charge in [-0.05, 0) is 46.3 Å². The van der Waals surface area contributed by atoms with Crippen molar-refractivity contribution in [2.75, 3.05) is 18.9 Å². The number of benzene rings is 2. The summed E-state index contributed by atoms with van der Waals surface area (Å²) in [7, 11) is -0.931. The van der Waals surface area contributed by atoms with Crippen LogP contribution in [0.3, 0.4) is 0 Å². The van der Waals surface area contributed by atoms with Crippen LogP contribution in [0.5, 0.6) is 11.5 Å². The minimum atomic E-state index is -3.82. The van der Waals surface area contributed by atoms with Crippen LogP contribution in [0.2, 0.25) is 5.02 Å². The van der Waals surface area contributed by atoms with Crippen molar-refractivity contribution in [3.63, 3.8) is 0 Å². The SMILES string of the molecule is COc1ccc(S(=O)(=O)Nc2ccc(Br)c(Cl)c2)c(OC)c1. The molecule has 0 aliphatic heterocycles. The monoisotopic (exact) mass is 405 g/mol. The zero-order valence-electron chi connectivity index (χ0n) is 11.8. The van der Waals surface area contributed by atoms with E-state index in [0.717, 1.165) is 0 Å². The minimum Gasteiger partial charge on any atom is -0.497 e. The highest BCUT2D eigenvalue weighted by Crippen LogP contribution is 2.31. The number of hydrogen-bond donors (Lipinski definition) is 1. The second kappa shape index (κ2) is 6.76. The van der Waals surface area contributed by atoms with E-state index in [9.17, 15) is 8.42 Å². The van der Waals surface area contributed by atoms with Crippen LogP contribution in [-0.4, -0.2) is 22.6 Å². The topological polar surface area (TPSA) is 64.6 Å². The predicted octanol–water partition coefficient (Wildman–Crippen LogP) is 3.92. The summed E-state index contributed by atoms with van der Waals surface area (Å²) in [4.78, 5) is 0.00911. The van der Waals surface area contributed by atoms with Crippen LogP contribution in [0.15, 0.2) is 45.8 Å². The van der Waals surface area contributed by atoms with Gasteiger partial charge in [-0.2, -0.15) is 0 Å². The van der Waals surface area contributed by atoms with Crippen LogP contribution >= 0.6 is 27.5 Å². The molecule has 0 heterocycles. The third-order valence-electron chi connectivity index (χ3n) is 2.83. The lowest BCUT2D eigenvalue weighted by Gasteiger charge is -2.13. The summed E-state index contributed by atoms with van der Waals surface area (Å²) in [6, 6.07) is 9.24. The fourth-order valence-corrected chi connectivity index (χ4v) is 3.40. The van der Waals surface area contributed by atoms with Crippen LogP contribution < -0.4 is 14.2 Å². The van der Waals surface area contributed by atoms with Crippen molar-refractivity contribution in [1.29, 1.82) is 0 Å². The second-order valence-electron chi connectivity index (χ2n) is 4.25. The summed E-state index contributed by atoms with van der Waals surface area (Å²) < 4.78 is 38.3. The molecule has 2 aromatic carbocycles. The molecule has 0 bridgehead atoms. The Balaban J connectivity index is 2.39. The van der Waals surface area contributed by atoms with E-state index in [4.69, 9.17) is 21.1 Å². The highest BCUT2D eigenvalue weighted by molar-refractivity contribution is 9.10. The number of rotatable bonds is 5. The predicted molar refractivity (Wildman–Crippen MR) is 89.5 cm³/mol. The third-order valence-corrected chi connectivity index (χ3v) is 5.49. The summed E-state index contributed by atoms with van der Waals surface area (Å²) in [6.45, 7) is 0. The highest BCUT2D eigenvalue weighted by atomic mass is 79.9. The Labute approximate surface area is 142 Å². The number of ether oxygens (including phenoxy) is 2. The summed E-state index contributed by atoms with van der Waals surface area (Å²) >= 11 is 9.21. The van der Waals surface area contributed by atoms with E-state index in [-0.39, 0.29) is 10.6 Å². The lowest BCUT2D eigenvalue weighted by Crippen LogP contribution is -2.14. The van der Waals surface area contributed by atoms with Crippen LogP contribution in [-0.2, 0) is 10.0 Å². The molecular weight excluding hydrogens is 394 g/mol. The van der Waals surface area contributed by atoms with Gasteiger partial charge in [-0.1, -0.05) is 11.6 Å². The van der Waals surface area contributed by atoms with Crippen LogP contribution in [0.4, 0.5) is 5.69 Å². The Hall–Kier alpha value is -1.44. The van der Waals surface area contributed by atoms with Gasteiger partial charge in [0.05, 0.1) is 24.9 Å². The molecular formula is C14H13BrClNO4S. The van der Waals surface area contributed by atoms with Gasteiger partial charge in [-0.3, -0.25) is 4.72 Å². The molecule has 118 valence electrons. The molecule has 0 aromatic heterocycles. The standard InChI is InChI=1S/C14H13BrClNO4S/c1-20-10-4-6-14(13(8-10)21-2)22(18,19)17-9-3-5-11(15)12(16)7-9/h3-8,17H,1-2H3. The molecule has 2 rings (SSSR count). The Morgan fingerprint density at radius 2 is 1.82 bits per heavy atom. The van der Waals surface area contributed by atoms with Crippen molar-refractivity contribution in [3.8, 4) is 11.5 Å². The van der Waals surface area contributed by atoms with Crippen molar-refractivity contribution in [2.24, 2.45) is 0 Å². The third kappa shape index (κ3) is 3.66. The summed E-state index contributed by atoms with van der Waals surface area (Å²) in [6.07, 6.45) is 0. The Morgan fingerprint density at radius 1 is 1.09 bits per heavy atom. The van der Waals surface area contributed by atoms with E-state index in [1.54, 1.807) is 18.2 Å². The highest BCUT2D eigenvalue weighted by Gasteiger charge is 2.20. The zero-order chi connectivity index (χ0) is 16.3. The summed E-state index contributed by atoms with van der Waals surface area (Å²) in [5, 5.41) is 0.405. The normalized spacial score (nSPS) is 11.1. The average Bonchev–Trinajstić information content (AvgIpc) is 2.50. The van der Waals surface area contributed by atoms with Gasteiger partial charge in [-0.15, -0.1) is 0 Å². The fourth-order valence-electron chi connectivity index (χ4n) is 1.77. The largest absolute Gasteiger partial charge is 0.497 e. The molecule has 0 aliphatic rings. The first kappa shape index (κ1) is 16.9. The zero-order valence-corrected chi connectivity index (χ0v) is 14.9. The molecule has 0 fully saturated rings. The van der Waals surface area contributed by atoms with E-state index in [2.05, 4.69) is 20.7 Å². The van der Waals surface area contributed by atoms with Crippen molar-refractivity contribution in [1.82, 2.24) is 0 Å². The van der Waals surface area contributed by atoms with Crippen LogP contribution in [0.25, 0.3) is 0 Å². The molecule has 8 heteroatoms. The number of methoxy groups -OCH3 is 2. The lowest BCUT2D eigenvalue weighted by atomic mass is 10.3. The maximum atomic E-state index is 12.5. The van der Waals surface area contributed by atoms with Crippen LogP contribution in [0.1, 0.15) is 0 Å².